The Kier molecular flexibility index (Phi) is 5.94. The van der Waals surface area contributed by atoms with Crippen LogP contribution in [0, 0.1) is 0 Å². The van der Waals surface area contributed by atoms with Crippen molar-refractivity contribution in [3.8, 4) is 5.75 Å². The molecule has 3 aliphatic heterocycles. The number of nitrogens with zero attached hydrogens (tertiary/aromatic N) is 2. The number of hydrogen-bond donors (Lipinski definition) is 0. The molecule has 6 nitrogen and oxygen atoms in total. The van der Waals surface area contributed by atoms with Gasteiger partial charge in [0.25, 0.3) is 0 Å². The molecule has 1 amide bonds. The number of piperidine rings is 1. The lowest BCUT2D eigenvalue weighted by atomic mass is 9.86. The van der Waals surface area contributed by atoms with Gasteiger partial charge in [0.15, 0.2) is 0 Å². The van der Waals surface area contributed by atoms with E-state index in [2.05, 4.69) is 4.90 Å². The first-order valence-electron chi connectivity index (χ1n) is 10.9. The van der Waals surface area contributed by atoms with Crippen molar-refractivity contribution in [2.45, 2.75) is 63.2 Å². The Morgan fingerprint density at radius 2 is 1.93 bits per heavy atom. The van der Waals surface area contributed by atoms with Crippen LogP contribution in [-0.2, 0) is 9.47 Å². The molecule has 4 rings (SSSR count). The first-order valence-corrected chi connectivity index (χ1v) is 11.3. The van der Waals surface area contributed by atoms with Crippen molar-refractivity contribution in [3.05, 3.63) is 28.8 Å². The van der Waals surface area contributed by atoms with Gasteiger partial charge >= 0.3 is 6.09 Å². The SMILES string of the molecule is COc1ccc(Cl)cc1C1CCN(C2COC3(C2)CN(C(=O)OC(C)(C)C)C3)CC1. The van der Waals surface area contributed by atoms with Crippen molar-refractivity contribution in [3.63, 3.8) is 0 Å². The average molecular weight is 437 g/mol. The molecule has 1 unspecified atom stereocenters. The lowest BCUT2D eigenvalue weighted by Crippen LogP contribution is -2.64. The molecular formula is C23H33ClN2O4. The number of rotatable bonds is 3. The third kappa shape index (κ3) is 4.56. The Bertz CT molecular complexity index is 780. The van der Waals surface area contributed by atoms with Crippen molar-refractivity contribution in [1.82, 2.24) is 9.80 Å². The quantitative estimate of drug-likeness (QED) is 0.706. The molecule has 3 saturated heterocycles. The molecule has 0 bridgehead atoms. The molecule has 0 aromatic heterocycles. The van der Waals surface area contributed by atoms with Gasteiger partial charge in [-0.05, 0) is 82.8 Å². The first-order chi connectivity index (χ1) is 14.2. The minimum absolute atomic E-state index is 0.186. The Morgan fingerprint density at radius 1 is 1.23 bits per heavy atom. The summed E-state index contributed by atoms with van der Waals surface area (Å²) in [4.78, 5) is 16.5. The van der Waals surface area contributed by atoms with E-state index in [-0.39, 0.29) is 11.7 Å². The van der Waals surface area contributed by atoms with Crippen LogP contribution in [0.2, 0.25) is 5.02 Å². The fourth-order valence-electron chi connectivity index (χ4n) is 4.98. The molecule has 0 N–H and O–H groups in total. The zero-order valence-electron chi connectivity index (χ0n) is 18.4. The summed E-state index contributed by atoms with van der Waals surface area (Å²) in [5.74, 6) is 1.40. The van der Waals surface area contributed by atoms with Crippen LogP contribution in [0.15, 0.2) is 18.2 Å². The highest BCUT2D eigenvalue weighted by Gasteiger charge is 2.53. The van der Waals surface area contributed by atoms with Crippen LogP contribution in [0.3, 0.4) is 0 Å². The van der Waals surface area contributed by atoms with Crippen LogP contribution in [0.25, 0.3) is 0 Å². The van der Waals surface area contributed by atoms with Crippen LogP contribution >= 0.6 is 11.6 Å². The van der Waals surface area contributed by atoms with E-state index < -0.39 is 5.60 Å². The predicted octanol–water partition coefficient (Wildman–Crippen LogP) is 4.31. The Balaban J connectivity index is 1.28. The van der Waals surface area contributed by atoms with Crippen molar-refractivity contribution >= 4 is 17.7 Å². The summed E-state index contributed by atoms with van der Waals surface area (Å²) in [6, 6.07) is 6.32. The molecule has 0 aliphatic carbocycles. The minimum Gasteiger partial charge on any atom is -0.496 e. The van der Waals surface area contributed by atoms with E-state index in [1.807, 2.05) is 39.0 Å². The van der Waals surface area contributed by atoms with Gasteiger partial charge in [-0.2, -0.15) is 0 Å². The summed E-state index contributed by atoms with van der Waals surface area (Å²) >= 11 is 6.23. The number of hydrogen-bond acceptors (Lipinski definition) is 5. The summed E-state index contributed by atoms with van der Waals surface area (Å²) in [5.41, 5.74) is 0.569. The monoisotopic (exact) mass is 436 g/mol. The van der Waals surface area contributed by atoms with E-state index >= 15 is 0 Å². The minimum atomic E-state index is -0.463. The van der Waals surface area contributed by atoms with Gasteiger partial charge < -0.3 is 19.1 Å². The summed E-state index contributed by atoms with van der Waals surface area (Å²) < 4.78 is 17.2. The molecule has 0 radical (unpaired) electrons. The first kappa shape index (κ1) is 21.7. The second kappa shape index (κ2) is 8.21. The zero-order valence-corrected chi connectivity index (χ0v) is 19.2. The van der Waals surface area contributed by atoms with E-state index in [4.69, 9.17) is 25.8 Å². The molecule has 7 heteroatoms. The molecule has 1 atom stereocenters. The maximum Gasteiger partial charge on any atom is 0.410 e. The van der Waals surface area contributed by atoms with Crippen molar-refractivity contribution in [2.75, 3.05) is 39.9 Å². The smallest absolute Gasteiger partial charge is 0.410 e. The van der Waals surface area contributed by atoms with Crippen molar-refractivity contribution < 1.29 is 19.0 Å². The molecular weight excluding hydrogens is 404 g/mol. The molecule has 0 saturated carbocycles. The number of benzene rings is 1. The molecule has 3 heterocycles. The largest absolute Gasteiger partial charge is 0.496 e. The Morgan fingerprint density at radius 3 is 2.57 bits per heavy atom. The van der Waals surface area contributed by atoms with Crippen LogP contribution in [-0.4, -0.2) is 73.0 Å². The maximum absolute atomic E-state index is 12.2. The topological polar surface area (TPSA) is 51.2 Å². The van der Waals surface area contributed by atoms with Gasteiger partial charge in [-0.25, -0.2) is 4.79 Å². The number of methoxy groups -OCH3 is 1. The third-order valence-electron chi connectivity index (χ3n) is 6.48. The van der Waals surface area contributed by atoms with Gasteiger partial charge in [-0.15, -0.1) is 0 Å². The summed E-state index contributed by atoms with van der Waals surface area (Å²) in [7, 11) is 1.72. The van der Waals surface area contributed by atoms with Crippen LogP contribution in [0.1, 0.15) is 51.5 Å². The number of carbonyl (C=O) groups is 1. The van der Waals surface area contributed by atoms with E-state index in [1.54, 1.807) is 12.0 Å². The third-order valence-corrected chi connectivity index (χ3v) is 6.71. The standard InChI is InChI=1S/C23H33ClN2O4/c1-22(2,3)30-21(27)26-14-23(15-26)12-18(13-29-23)25-9-7-16(8-10-25)19-11-17(24)5-6-20(19)28-4/h5-6,11,16,18H,7-10,12-15H2,1-4H3. The van der Waals surface area contributed by atoms with Gasteiger partial charge in [0.05, 0.1) is 26.8 Å². The van der Waals surface area contributed by atoms with Crippen LogP contribution in [0.4, 0.5) is 4.79 Å². The van der Waals surface area contributed by atoms with Gasteiger partial charge in [0.2, 0.25) is 0 Å². The molecule has 3 fully saturated rings. The second-order valence-corrected chi connectivity index (χ2v) is 10.3. The lowest BCUT2D eigenvalue weighted by molar-refractivity contribution is -0.109. The highest BCUT2D eigenvalue weighted by atomic mass is 35.5. The number of likely N-dealkylation sites (tertiary alicyclic amines) is 2. The molecule has 3 aliphatic rings. The number of amides is 1. The Hall–Kier alpha value is -1.50. The molecule has 166 valence electrons. The van der Waals surface area contributed by atoms with Gasteiger partial charge in [0, 0.05) is 11.1 Å². The summed E-state index contributed by atoms with van der Waals surface area (Å²) in [6.07, 6.45) is 2.92. The van der Waals surface area contributed by atoms with E-state index in [0.29, 0.717) is 25.0 Å². The molecule has 30 heavy (non-hydrogen) atoms. The predicted molar refractivity (Wildman–Crippen MR) is 116 cm³/mol. The van der Waals surface area contributed by atoms with Gasteiger partial charge in [-0.1, -0.05) is 11.6 Å². The summed E-state index contributed by atoms with van der Waals surface area (Å²) in [5, 5.41) is 0.763. The fourth-order valence-corrected chi connectivity index (χ4v) is 5.16. The van der Waals surface area contributed by atoms with Crippen LogP contribution < -0.4 is 4.74 Å². The summed E-state index contributed by atoms with van der Waals surface area (Å²) in [6.45, 7) is 9.78. The van der Waals surface area contributed by atoms with Gasteiger partial charge in [-0.3, -0.25) is 4.90 Å². The fraction of sp³-hybridized carbons (Fsp3) is 0.696. The maximum atomic E-state index is 12.2. The molecule has 1 aromatic rings. The van der Waals surface area contributed by atoms with Crippen molar-refractivity contribution in [2.24, 2.45) is 0 Å². The second-order valence-electron chi connectivity index (χ2n) is 9.88. The van der Waals surface area contributed by atoms with E-state index in [9.17, 15) is 4.79 Å². The molecule has 1 spiro atoms. The van der Waals surface area contributed by atoms with Crippen molar-refractivity contribution in [1.29, 1.82) is 0 Å². The van der Waals surface area contributed by atoms with E-state index in [1.165, 1.54) is 5.56 Å². The highest BCUT2D eigenvalue weighted by molar-refractivity contribution is 6.30. The number of halogens is 1. The number of ether oxygens (including phenoxy) is 3. The molecule has 1 aromatic carbocycles. The average Bonchev–Trinajstić information content (AvgIpc) is 3.11. The normalized spacial score (nSPS) is 24.7. The van der Waals surface area contributed by atoms with Gasteiger partial charge in [0.1, 0.15) is 17.0 Å². The van der Waals surface area contributed by atoms with E-state index in [0.717, 1.165) is 49.7 Å². The van der Waals surface area contributed by atoms with Crippen LogP contribution in [0.5, 0.6) is 5.75 Å². The lowest BCUT2D eigenvalue weighted by Gasteiger charge is -2.47. The number of carbonyl (C=O) groups excluding carboxylic acids is 1. The Labute approximate surface area is 184 Å². The highest BCUT2D eigenvalue weighted by Crippen LogP contribution is 2.40. The zero-order chi connectivity index (χ0) is 21.5.